The fourth-order valence-electron chi connectivity index (χ4n) is 1.31. The minimum absolute atomic E-state index is 0. The Hall–Kier alpha value is -1.06. The lowest BCUT2D eigenvalue weighted by Crippen LogP contribution is -2.06. The Morgan fingerprint density at radius 2 is 2.13 bits per heavy atom. The molecule has 3 nitrogen and oxygen atoms in total. The second kappa shape index (κ2) is 6.43. The number of aryl methyl sites for hydroxylation is 1. The van der Waals surface area contributed by atoms with Gasteiger partial charge in [-0.05, 0) is 23.6 Å². The Balaban J connectivity index is 0.00000196. The predicted molar refractivity (Wildman–Crippen MR) is 62.0 cm³/mol. The quantitative estimate of drug-likeness (QED) is 0.801. The fraction of sp³-hybridized carbons (Fsp3) is 0.364. The van der Waals surface area contributed by atoms with E-state index in [1.807, 2.05) is 25.1 Å². The Labute approximate surface area is 96.0 Å². The minimum atomic E-state index is -0.214. The van der Waals surface area contributed by atoms with E-state index in [9.17, 15) is 4.79 Å². The van der Waals surface area contributed by atoms with E-state index in [-0.39, 0.29) is 18.4 Å². The SMILES string of the molecule is COC(=O)Cc1ccc(CN)cc1C.Cl. The largest absolute Gasteiger partial charge is 0.469 e. The number of esters is 1. The van der Waals surface area contributed by atoms with Gasteiger partial charge in [-0.15, -0.1) is 12.4 Å². The summed E-state index contributed by atoms with van der Waals surface area (Å²) in [5, 5.41) is 0. The smallest absolute Gasteiger partial charge is 0.309 e. The van der Waals surface area contributed by atoms with Gasteiger partial charge in [-0.1, -0.05) is 18.2 Å². The first kappa shape index (κ1) is 13.9. The molecule has 0 aliphatic heterocycles. The molecule has 0 spiro atoms. The van der Waals surface area contributed by atoms with Gasteiger partial charge in [0.25, 0.3) is 0 Å². The van der Waals surface area contributed by atoms with Crippen molar-refractivity contribution < 1.29 is 9.53 Å². The topological polar surface area (TPSA) is 52.3 Å². The van der Waals surface area contributed by atoms with Crippen LogP contribution in [0.2, 0.25) is 0 Å². The lowest BCUT2D eigenvalue weighted by Gasteiger charge is -2.06. The van der Waals surface area contributed by atoms with Crippen LogP contribution < -0.4 is 5.73 Å². The van der Waals surface area contributed by atoms with Crippen LogP contribution in [0.1, 0.15) is 16.7 Å². The molecular formula is C11H16ClNO2. The molecule has 4 heteroatoms. The average molecular weight is 230 g/mol. The third-order valence-electron chi connectivity index (χ3n) is 2.21. The lowest BCUT2D eigenvalue weighted by atomic mass is 10.0. The number of hydrogen-bond donors (Lipinski definition) is 1. The van der Waals surface area contributed by atoms with E-state index in [4.69, 9.17) is 5.73 Å². The number of hydrogen-bond acceptors (Lipinski definition) is 3. The van der Waals surface area contributed by atoms with Gasteiger partial charge in [0.1, 0.15) is 0 Å². The number of rotatable bonds is 3. The van der Waals surface area contributed by atoms with Crippen molar-refractivity contribution in [2.45, 2.75) is 19.9 Å². The van der Waals surface area contributed by atoms with Crippen LogP contribution in [-0.2, 0) is 22.5 Å². The lowest BCUT2D eigenvalue weighted by molar-refractivity contribution is -0.139. The van der Waals surface area contributed by atoms with Crippen LogP contribution in [0.5, 0.6) is 0 Å². The molecule has 0 fully saturated rings. The maximum absolute atomic E-state index is 11.0. The molecule has 0 unspecified atom stereocenters. The maximum atomic E-state index is 11.0. The molecule has 0 aliphatic carbocycles. The summed E-state index contributed by atoms with van der Waals surface area (Å²) in [7, 11) is 1.39. The number of ether oxygens (including phenoxy) is 1. The number of carbonyl (C=O) groups is 1. The molecule has 2 N–H and O–H groups in total. The highest BCUT2D eigenvalue weighted by Crippen LogP contribution is 2.11. The molecule has 84 valence electrons. The van der Waals surface area contributed by atoms with E-state index in [1.165, 1.54) is 7.11 Å². The van der Waals surface area contributed by atoms with Gasteiger partial charge in [-0.2, -0.15) is 0 Å². The van der Waals surface area contributed by atoms with Crippen LogP contribution in [0, 0.1) is 6.92 Å². The molecule has 0 aromatic heterocycles. The van der Waals surface area contributed by atoms with Crippen molar-refractivity contribution in [3.8, 4) is 0 Å². The van der Waals surface area contributed by atoms with Crippen LogP contribution in [0.3, 0.4) is 0 Å². The summed E-state index contributed by atoms with van der Waals surface area (Å²) in [6.45, 7) is 2.50. The molecule has 0 heterocycles. The van der Waals surface area contributed by atoms with E-state index in [0.29, 0.717) is 13.0 Å². The molecule has 0 saturated heterocycles. The highest BCUT2D eigenvalue weighted by Gasteiger charge is 2.05. The highest BCUT2D eigenvalue weighted by molar-refractivity contribution is 5.85. The zero-order valence-corrected chi connectivity index (χ0v) is 9.76. The van der Waals surface area contributed by atoms with Crippen LogP contribution in [-0.4, -0.2) is 13.1 Å². The van der Waals surface area contributed by atoms with Crippen molar-refractivity contribution in [2.24, 2.45) is 5.73 Å². The first-order valence-corrected chi connectivity index (χ1v) is 4.52. The van der Waals surface area contributed by atoms with Crippen molar-refractivity contribution in [2.75, 3.05) is 7.11 Å². The molecule has 15 heavy (non-hydrogen) atoms. The third kappa shape index (κ3) is 3.90. The van der Waals surface area contributed by atoms with Gasteiger partial charge in [0, 0.05) is 6.54 Å². The van der Waals surface area contributed by atoms with Crippen molar-refractivity contribution in [3.63, 3.8) is 0 Å². The number of halogens is 1. The second-order valence-electron chi connectivity index (χ2n) is 3.22. The molecule has 1 aromatic carbocycles. The summed E-state index contributed by atoms with van der Waals surface area (Å²) in [6.07, 6.45) is 0.327. The van der Waals surface area contributed by atoms with Gasteiger partial charge >= 0.3 is 5.97 Å². The summed E-state index contributed by atoms with van der Waals surface area (Å²) in [6, 6.07) is 5.86. The van der Waals surface area contributed by atoms with E-state index < -0.39 is 0 Å². The Morgan fingerprint density at radius 1 is 1.47 bits per heavy atom. The van der Waals surface area contributed by atoms with E-state index in [1.54, 1.807) is 0 Å². The molecule has 0 bridgehead atoms. The van der Waals surface area contributed by atoms with Crippen LogP contribution >= 0.6 is 12.4 Å². The van der Waals surface area contributed by atoms with Crippen molar-refractivity contribution >= 4 is 18.4 Å². The summed E-state index contributed by atoms with van der Waals surface area (Å²) < 4.78 is 4.60. The summed E-state index contributed by atoms with van der Waals surface area (Å²) >= 11 is 0. The monoisotopic (exact) mass is 229 g/mol. The molecule has 0 radical (unpaired) electrons. The molecular weight excluding hydrogens is 214 g/mol. The molecule has 0 amide bonds. The third-order valence-corrected chi connectivity index (χ3v) is 2.21. The van der Waals surface area contributed by atoms with Crippen LogP contribution in [0.15, 0.2) is 18.2 Å². The number of methoxy groups -OCH3 is 1. The van der Waals surface area contributed by atoms with Crippen molar-refractivity contribution in [3.05, 3.63) is 34.9 Å². The van der Waals surface area contributed by atoms with Gasteiger partial charge in [-0.25, -0.2) is 0 Å². The predicted octanol–water partition coefficient (Wildman–Crippen LogP) is 1.59. The van der Waals surface area contributed by atoms with Gasteiger partial charge in [0.15, 0.2) is 0 Å². The van der Waals surface area contributed by atoms with Gasteiger partial charge in [-0.3, -0.25) is 4.79 Å². The first-order chi connectivity index (χ1) is 6.67. The normalized spacial score (nSPS) is 9.27. The molecule has 0 atom stereocenters. The molecule has 0 aliphatic rings. The Kier molecular flexibility index (Phi) is 5.97. The highest BCUT2D eigenvalue weighted by atomic mass is 35.5. The Bertz CT molecular complexity index is 339. The van der Waals surface area contributed by atoms with Gasteiger partial charge in [0.05, 0.1) is 13.5 Å². The van der Waals surface area contributed by atoms with Gasteiger partial charge < -0.3 is 10.5 Å². The summed E-state index contributed by atoms with van der Waals surface area (Å²) in [5.41, 5.74) is 8.66. The molecule has 0 saturated carbocycles. The number of benzene rings is 1. The second-order valence-corrected chi connectivity index (χ2v) is 3.22. The zero-order valence-electron chi connectivity index (χ0n) is 8.95. The Morgan fingerprint density at radius 3 is 2.60 bits per heavy atom. The van der Waals surface area contributed by atoms with Crippen molar-refractivity contribution in [1.82, 2.24) is 0 Å². The average Bonchev–Trinajstić information content (AvgIpc) is 2.20. The first-order valence-electron chi connectivity index (χ1n) is 4.52. The summed E-state index contributed by atoms with van der Waals surface area (Å²) in [5.74, 6) is -0.214. The van der Waals surface area contributed by atoms with E-state index in [2.05, 4.69) is 4.74 Å². The molecule has 1 rings (SSSR count). The standard InChI is InChI=1S/C11H15NO2.ClH/c1-8-5-9(7-12)3-4-10(8)6-11(13)14-2;/h3-5H,6-7,12H2,1-2H3;1H. The van der Waals surface area contributed by atoms with E-state index in [0.717, 1.165) is 16.7 Å². The zero-order chi connectivity index (χ0) is 10.6. The van der Waals surface area contributed by atoms with E-state index >= 15 is 0 Å². The molecule has 1 aromatic rings. The van der Waals surface area contributed by atoms with Crippen molar-refractivity contribution in [1.29, 1.82) is 0 Å². The number of carbonyl (C=O) groups excluding carboxylic acids is 1. The number of nitrogens with two attached hydrogens (primary N) is 1. The maximum Gasteiger partial charge on any atom is 0.309 e. The summed E-state index contributed by atoms with van der Waals surface area (Å²) in [4.78, 5) is 11.0. The minimum Gasteiger partial charge on any atom is -0.469 e. The van der Waals surface area contributed by atoms with Crippen LogP contribution in [0.4, 0.5) is 0 Å². The fourth-order valence-corrected chi connectivity index (χ4v) is 1.31. The van der Waals surface area contributed by atoms with Gasteiger partial charge in [0.2, 0.25) is 0 Å². The van der Waals surface area contributed by atoms with Crippen LogP contribution in [0.25, 0.3) is 0 Å².